The van der Waals surface area contributed by atoms with Crippen molar-refractivity contribution in [3.8, 4) is 0 Å². The molecule has 0 atom stereocenters. The minimum atomic E-state index is -0.260. The standard InChI is InChI=1S/C8H9FN2O/c1-12-11-6-10-8-4-2-7(9)3-5-8/h2-6H,1H3,(H,10,11). The summed E-state index contributed by atoms with van der Waals surface area (Å²) in [6.45, 7) is 0. The fourth-order valence-electron chi connectivity index (χ4n) is 0.700. The van der Waals surface area contributed by atoms with Gasteiger partial charge in [0.05, 0.1) is 0 Å². The Morgan fingerprint density at radius 3 is 2.67 bits per heavy atom. The first-order chi connectivity index (χ1) is 5.83. The lowest BCUT2D eigenvalue weighted by Gasteiger charge is -1.97. The van der Waals surface area contributed by atoms with E-state index in [1.165, 1.54) is 25.6 Å². The van der Waals surface area contributed by atoms with Crippen molar-refractivity contribution in [3.05, 3.63) is 30.1 Å². The molecule has 1 rings (SSSR count). The van der Waals surface area contributed by atoms with Crippen LogP contribution in [0.3, 0.4) is 0 Å². The zero-order chi connectivity index (χ0) is 8.81. The summed E-state index contributed by atoms with van der Waals surface area (Å²) in [4.78, 5) is 4.42. The summed E-state index contributed by atoms with van der Waals surface area (Å²) in [6, 6.07) is 5.94. The fraction of sp³-hybridized carbons (Fsp3) is 0.125. The molecular formula is C8H9FN2O. The lowest BCUT2D eigenvalue weighted by atomic mass is 10.3. The molecular weight excluding hydrogens is 159 g/mol. The zero-order valence-electron chi connectivity index (χ0n) is 6.62. The molecule has 0 aromatic heterocycles. The predicted molar refractivity (Wildman–Crippen MR) is 45.5 cm³/mol. The number of halogens is 1. The van der Waals surface area contributed by atoms with Crippen molar-refractivity contribution in [3.63, 3.8) is 0 Å². The highest BCUT2D eigenvalue weighted by Gasteiger charge is 1.89. The number of benzene rings is 1. The van der Waals surface area contributed by atoms with E-state index < -0.39 is 0 Å². The van der Waals surface area contributed by atoms with E-state index in [0.717, 1.165) is 5.69 Å². The van der Waals surface area contributed by atoms with Crippen molar-refractivity contribution in [2.75, 3.05) is 12.4 Å². The van der Waals surface area contributed by atoms with E-state index in [1.807, 2.05) is 0 Å². The lowest BCUT2D eigenvalue weighted by Crippen LogP contribution is -1.94. The van der Waals surface area contributed by atoms with E-state index in [2.05, 4.69) is 15.3 Å². The van der Waals surface area contributed by atoms with Gasteiger partial charge >= 0.3 is 0 Å². The maximum atomic E-state index is 12.4. The van der Waals surface area contributed by atoms with Gasteiger partial charge in [-0.15, -0.1) is 0 Å². The number of hydrogen-bond donors (Lipinski definition) is 1. The molecule has 1 aromatic carbocycles. The number of anilines is 1. The number of nitrogens with zero attached hydrogens (tertiary/aromatic N) is 1. The molecule has 0 radical (unpaired) electrons. The van der Waals surface area contributed by atoms with E-state index in [1.54, 1.807) is 12.1 Å². The normalized spacial score (nSPS) is 10.2. The Hall–Kier alpha value is -1.58. The summed E-state index contributed by atoms with van der Waals surface area (Å²) < 4.78 is 12.4. The summed E-state index contributed by atoms with van der Waals surface area (Å²) in [5.74, 6) is -0.260. The first-order valence-corrected chi connectivity index (χ1v) is 3.40. The minimum absolute atomic E-state index is 0.260. The van der Waals surface area contributed by atoms with Crippen LogP contribution < -0.4 is 5.32 Å². The topological polar surface area (TPSA) is 33.6 Å². The van der Waals surface area contributed by atoms with Gasteiger partial charge in [-0.3, -0.25) is 0 Å². The Morgan fingerprint density at radius 2 is 2.08 bits per heavy atom. The first kappa shape index (κ1) is 8.52. The second-order valence-corrected chi connectivity index (χ2v) is 2.07. The molecule has 64 valence electrons. The Morgan fingerprint density at radius 1 is 1.42 bits per heavy atom. The van der Waals surface area contributed by atoms with Crippen molar-refractivity contribution in [2.24, 2.45) is 5.16 Å². The van der Waals surface area contributed by atoms with Crippen molar-refractivity contribution in [1.29, 1.82) is 0 Å². The predicted octanol–water partition coefficient (Wildman–Crippen LogP) is 1.83. The molecule has 0 saturated carbocycles. The molecule has 0 spiro atoms. The lowest BCUT2D eigenvalue weighted by molar-refractivity contribution is 0.215. The largest absolute Gasteiger partial charge is 0.398 e. The van der Waals surface area contributed by atoms with Gasteiger partial charge in [0.25, 0.3) is 0 Å². The highest BCUT2D eigenvalue weighted by molar-refractivity contribution is 5.74. The molecule has 0 aliphatic heterocycles. The maximum Gasteiger partial charge on any atom is 0.132 e. The molecule has 1 N–H and O–H groups in total. The molecule has 0 unspecified atom stereocenters. The molecule has 1 aromatic rings. The van der Waals surface area contributed by atoms with Gasteiger partial charge < -0.3 is 10.2 Å². The van der Waals surface area contributed by atoms with Gasteiger partial charge in [0.2, 0.25) is 0 Å². The van der Waals surface area contributed by atoms with E-state index in [4.69, 9.17) is 0 Å². The summed E-state index contributed by atoms with van der Waals surface area (Å²) in [5, 5.41) is 6.25. The van der Waals surface area contributed by atoms with Crippen LogP contribution in [0.1, 0.15) is 0 Å². The second kappa shape index (κ2) is 4.33. The van der Waals surface area contributed by atoms with Gasteiger partial charge in [0.15, 0.2) is 0 Å². The second-order valence-electron chi connectivity index (χ2n) is 2.07. The summed E-state index contributed by atoms with van der Waals surface area (Å²) >= 11 is 0. The summed E-state index contributed by atoms with van der Waals surface area (Å²) in [6.07, 6.45) is 1.38. The molecule has 0 bridgehead atoms. The van der Waals surface area contributed by atoms with Crippen molar-refractivity contribution in [2.45, 2.75) is 0 Å². The van der Waals surface area contributed by atoms with E-state index in [-0.39, 0.29) is 5.82 Å². The monoisotopic (exact) mass is 168 g/mol. The van der Waals surface area contributed by atoms with E-state index >= 15 is 0 Å². The third-order valence-corrected chi connectivity index (χ3v) is 1.23. The van der Waals surface area contributed by atoms with Crippen LogP contribution in [0.15, 0.2) is 29.4 Å². The van der Waals surface area contributed by atoms with Gasteiger partial charge in [-0.2, -0.15) is 0 Å². The smallest absolute Gasteiger partial charge is 0.132 e. The van der Waals surface area contributed by atoms with Crippen LogP contribution in [0.2, 0.25) is 0 Å². The van der Waals surface area contributed by atoms with Gasteiger partial charge in [0.1, 0.15) is 19.3 Å². The molecule has 3 nitrogen and oxygen atoms in total. The molecule has 0 saturated heterocycles. The van der Waals surface area contributed by atoms with Crippen LogP contribution in [0.4, 0.5) is 10.1 Å². The van der Waals surface area contributed by atoms with Crippen LogP contribution in [0.5, 0.6) is 0 Å². The van der Waals surface area contributed by atoms with Gasteiger partial charge in [-0.1, -0.05) is 5.16 Å². The quantitative estimate of drug-likeness (QED) is 0.424. The van der Waals surface area contributed by atoms with Crippen LogP contribution in [0.25, 0.3) is 0 Å². The molecule has 12 heavy (non-hydrogen) atoms. The van der Waals surface area contributed by atoms with Crippen LogP contribution in [0, 0.1) is 5.82 Å². The molecule has 0 heterocycles. The highest BCUT2D eigenvalue weighted by atomic mass is 19.1. The number of hydrogen-bond acceptors (Lipinski definition) is 2. The minimum Gasteiger partial charge on any atom is -0.398 e. The van der Waals surface area contributed by atoms with Crippen LogP contribution in [-0.2, 0) is 4.84 Å². The number of nitrogens with one attached hydrogen (secondary N) is 1. The van der Waals surface area contributed by atoms with Gasteiger partial charge in [-0.05, 0) is 24.3 Å². The first-order valence-electron chi connectivity index (χ1n) is 3.40. The Bertz CT molecular complexity index is 258. The Labute approximate surface area is 69.8 Å². The van der Waals surface area contributed by atoms with E-state index in [9.17, 15) is 4.39 Å². The van der Waals surface area contributed by atoms with Crippen molar-refractivity contribution < 1.29 is 9.23 Å². The van der Waals surface area contributed by atoms with Crippen LogP contribution >= 0.6 is 0 Å². The zero-order valence-corrected chi connectivity index (χ0v) is 6.62. The van der Waals surface area contributed by atoms with Gasteiger partial charge in [-0.25, -0.2) is 4.39 Å². The molecule has 0 aliphatic carbocycles. The number of rotatable bonds is 3. The molecule has 0 fully saturated rings. The third kappa shape index (κ3) is 2.57. The van der Waals surface area contributed by atoms with Crippen molar-refractivity contribution >= 4 is 12.0 Å². The average molecular weight is 168 g/mol. The van der Waals surface area contributed by atoms with Crippen LogP contribution in [-0.4, -0.2) is 13.4 Å². The van der Waals surface area contributed by atoms with Crippen molar-refractivity contribution in [1.82, 2.24) is 0 Å². The average Bonchev–Trinajstić information content (AvgIpc) is 2.09. The maximum absolute atomic E-state index is 12.4. The van der Waals surface area contributed by atoms with E-state index in [0.29, 0.717) is 0 Å². The molecule has 0 amide bonds. The third-order valence-electron chi connectivity index (χ3n) is 1.23. The Balaban J connectivity index is 2.53. The highest BCUT2D eigenvalue weighted by Crippen LogP contribution is 2.06. The summed E-state index contributed by atoms with van der Waals surface area (Å²) in [5.41, 5.74) is 0.761. The number of oxime groups is 1. The summed E-state index contributed by atoms with van der Waals surface area (Å²) in [7, 11) is 1.45. The molecule has 4 heteroatoms. The van der Waals surface area contributed by atoms with Gasteiger partial charge in [0, 0.05) is 5.69 Å². The SMILES string of the molecule is CON=CNc1ccc(F)cc1. The fourth-order valence-corrected chi connectivity index (χ4v) is 0.700. The molecule has 0 aliphatic rings. The Kier molecular flexibility index (Phi) is 3.07.